The number of ether oxygens (including phenoxy) is 3. The van der Waals surface area contributed by atoms with E-state index < -0.39 is 5.97 Å². The van der Waals surface area contributed by atoms with Crippen molar-refractivity contribution in [3.63, 3.8) is 0 Å². The first-order chi connectivity index (χ1) is 13.0. The Morgan fingerprint density at radius 3 is 2.63 bits per heavy atom. The SMILES string of the molecule is CCCOc1c(Cl)cc(C=C2N=C(c3ccc(C)cc3)OC2=O)cc1OC. The normalized spacial score (nSPS) is 14.9. The van der Waals surface area contributed by atoms with Gasteiger partial charge >= 0.3 is 5.97 Å². The predicted octanol–water partition coefficient (Wildman–Crippen LogP) is 4.79. The van der Waals surface area contributed by atoms with Crippen molar-refractivity contribution in [2.45, 2.75) is 20.3 Å². The summed E-state index contributed by atoms with van der Waals surface area (Å²) in [6, 6.07) is 11.1. The lowest BCUT2D eigenvalue weighted by Gasteiger charge is -2.12. The van der Waals surface area contributed by atoms with Gasteiger partial charge in [0.1, 0.15) is 0 Å². The van der Waals surface area contributed by atoms with E-state index in [1.807, 2.05) is 38.1 Å². The highest BCUT2D eigenvalue weighted by molar-refractivity contribution is 6.32. The van der Waals surface area contributed by atoms with Crippen molar-refractivity contribution in [1.82, 2.24) is 0 Å². The second-order valence-electron chi connectivity index (χ2n) is 6.08. The maximum Gasteiger partial charge on any atom is 0.363 e. The van der Waals surface area contributed by atoms with Gasteiger partial charge in [-0.15, -0.1) is 0 Å². The summed E-state index contributed by atoms with van der Waals surface area (Å²) < 4.78 is 16.3. The van der Waals surface area contributed by atoms with Crippen LogP contribution in [0.25, 0.3) is 6.08 Å². The van der Waals surface area contributed by atoms with Crippen LogP contribution in [0.2, 0.25) is 5.02 Å². The molecule has 0 saturated heterocycles. The number of benzene rings is 2. The van der Waals surface area contributed by atoms with Gasteiger partial charge in [-0.2, -0.15) is 0 Å². The Hall–Kier alpha value is -2.79. The lowest BCUT2D eigenvalue weighted by Crippen LogP contribution is -2.05. The molecule has 2 aromatic carbocycles. The van der Waals surface area contributed by atoms with Gasteiger partial charge in [0.15, 0.2) is 17.2 Å². The van der Waals surface area contributed by atoms with E-state index in [4.69, 9.17) is 25.8 Å². The Morgan fingerprint density at radius 1 is 1.22 bits per heavy atom. The number of carbonyl (C=O) groups is 1. The van der Waals surface area contributed by atoms with Crippen LogP contribution >= 0.6 is 11.6 Å². The summed E-state index contributed by atoms with van der Waals surface area (Å²) in [6.45, 7) is 4.53. The highest BCUT2D eigenvalue weighted by Crippen LogP contribution is 2.37. The van der Waals surface area contributed by atoms with E-state index in [2.05, 4.69) is 4.99 Å². The van der Waals surface area contributed by atoms with E-state index in [9.17, 15) is 4.79 Å². The van der Waals surface area contributed by atoms with Crippen LogP contribution < -0.4 is 9.47 Å². The van der Waals surface area contributed by atoms with Gasteiger partial charge in [-0.25, -0.2) is 9.79 Å². The third-order valence-corrected chi connectivity index (χ3v) is 4.21. The lowest BCUT2D eigenvalue weighted by atomic mass is 10.1. The fourth-order valence-corrected chi connectivity index (χ4v) is 2.83. The van der Waals surface area contributed by atoms with Crippen LogP contribution in [0.3, 0.4) is 0 Å². The molecule has 27 heavy (non-hydrogen) atoms. The number of carbonyl (C=O) groups excluding carboxylic acids is 1. The maximum absolute atomic E-state index is 12.2. The van der Waals surface area contributed by atoms with E-state index in [0.717, 1.165) is 17.5 Å². The minimum absolute atomic E-state index is 0.200. The molecular formula is C21H20ClNO4. The van der Waals surface area contributed by atoms with Crippen molar-refractivity contribution in [3.8, 4) is 11.5 Å². The molecule has 3 rings (SSSR count). The lowest BCUT2D eigenvalue weighted by molar-refractivity contribution is -0.129. The number of rotatable bonds is 6. The molecule has 0 aliphatic carbocycles. The Morgan fingerprint density at radius 2 is 1.96 bits per heavy atom. The number of hydrogen-bond acceptors (Lipinski definition) is 5. The quantitative estimate of drug-likeness (QED) is 0.530. The zero-order valence-electron chi connectivity index (χ0n) is 15.4. The van der Waals surface area contributed by atoms with Crippen molar-refractivity contribution < 1.29 is 19.0 Å². The van der Waals surface area contributed by atoms with Gasteiger partial charge in [-0.05, 0) is 49.2 Å². The number of methoxy groups -OCH3 is 1. The van der Waals surface area contributed by atoms with Crippen LogP contribution in [-0.2, 0) is 9.53 Å². The number of aryl methyl sites for hydroxylation is 1. The summed E-state index contributed by atoms with van der Waals surface area (Å²) in [5, 5.41) is 0.406. The Balaban J connectivity index is 1.92. The molecule has 0 atom stereocenters. The molecule has 0 radical (unpaired) electrons. The van der Waals surface area contributed by atoms with Crippen molar-refractivity contribution in [2.75, 3.05) is 13.7 Å². The van der Waals surface area contributed by atoms with Crippen molar-refractivity contribution in [2.24, 2.45) is 4.99 Å². The van der Waals surface area contributed by atoms with Crippen LogP contribution in [0.15, 0.2) is 47.1 Å². The fraction of sp³-hybridized carbons (Fsp3) is 0.238. The number of halogens is 1. The van der Waals surface area contributed by atoms with E-state index in [1.54, 1.807) is 25.3 Å². The molecule has 5 nitrogen and oxygen atoms in total. The van der Waals surface area contributed by atoms with E-state index in [1.165, 1.54) is 0 Å². The molecule has 0 spiro atoms. The predicted molar refractivity (Wildman–Crippen MR) is 106 cm³/mol. The van der Waals surface area contributed by atoms with Gasteiger partial charge in [0, 0.05) is 5.56 Å². The highest BCUT2D eigenvalue weighted by atomic mass is 35.5. The third kappa shape index (κ3) is 4.31. The van der Waals surface area contributed by atoms with Gasteiger partial charge in [-0.3, -0.25) is 0 Å². The van der Waals surface area contributed by atoms with Crippen LogP contribution in [0.5, 0.6) is 11.5 Å². The zero-order chi connectivity index (χ0) is 19.4. The minimum Gasteiger partial charge on any atom is -0.493 e. The monoisotopic (exact) mass is 385 g/mol. The first-order valence-corrected chi connectivity index (χ1v) is 8.99. The molecule has 0 saturated carbocycles. The zero-order valence-corrected chi connectivity index (χ0v) is 16.2. The van der Waals surface area contributed by atoms with Crippen molar-refractivity contribution in [1.29, 1.82) is 0 Å². The first-order valence-electron chi connectivity index (χ1n) is 8.61. The van der Waals surface area contributed by atoms with E-state index in [-0.39, 0.29) is 11.6 Å². The molecule has 0 unspecified atom stereocenters. The Bertz CT molecular complexity index is 917. The summed E-state index contributed by atoms with van der Waals surface area (Å²) in [4.78, 5) is 16.5. The summed E-state index contributed by atoms with van der Waals surface area (Å²) in [5.41, 5.74) is 2.73. The molecule has 0 N–H and O–H groups in total. The molecular weight excluding hydrogens is 366 g/mol. The second-order valence-corrected chi connectivity index (χ2v) is 6.49. The summed E-state index contributed by atoms with van der Waals surface area (Å²) in [5.74, 6) is 0.761. The number of hydrogen-bond donors (Lipinski definition) is 0. The second kappa shape index (κ2) is 8.27. The van der Waals surface area contributed by atoms with Crippen molar-refractivity contribution >= 4 is 29.5 Å². The number of nitrogens with zero attached hydrogens (tertiary/aromatic N) is 1. The Kier molecular flexibility index (Phi) is 5.81. The molecule has 1 heterocycles. The van der Waals surface area contributed by atoms with Gasteiger partial charge in [0.05, 0.1) is 18.7 Å². The molecule has 2 aromatic rings. The van der Waals surface area contributed by atoms with Crippen LogP contribution in [0.1, 0.15) is 30.0 Å². The van der Waals surface area contributed by atoms with Gasteiger partial charge in [0.25, 0.3) is 0 Å². The van der Waals surface area contributed by atoms with E-state index >= 15 is 0 Å². The number of esters is 1. The first kappa shape index (κ1) is 19.0. The van der Waals surface area contributed by atoms with Crippen LogP contribution in [0, 0.1) is 6.92 Å². The maximum atomic E-state index is 12.2. The highest BCUT2D eigenvalue weighted by Gasteiger charge is 2.24. The standard InChI is InChI=1S/C21H20ClNO4/c1-4-9-26-19-16(22)10-14(12-18(19)25-3)11-17-21(24)27-20(23-17)15-7-5-13(2)6-8-15/h5-8,10-12H,4,9H2,1-3H3. The molecule has 1 aliphatic rings. The van der Waals surface area contributed by atoms with Gasteiger partial charge < -0.3 is 14.2 Å². The molecule has 0 bridgehead atoms. The molecule has 1 aliphatic heterocycles. The molecule has 140 valence electrons. The summed E-state index contributed by atoms with van der Waals surface area (Å²) >= 11 is 6.32. The molecule has 6 heteroatoms. The Labute approximate surface area is 163 Å². The van der Waals surface area contributed by atoms with Gasteiger partial charge in [-0.1, -0.05) is 36.2 Å². The summed E-state index contributed by atoms with van der Waals surface area (Å²) in [7, 11) is 1.54. The summed E-state index contributed by atoms with van der Waals surface area (Å²) in [6.07, 6.45) is 2.47. The average Bonchev–Trinajstić information content (AvgIpc) is 3.01. The smallest absolute Gasteiger partial charge is 0.363 e. The fourth-order valence-electron chi connectivity index (χ4n) is 2.55. The molecule has 0 amide bonds. The number of aliphatic imine (C=N–C) groups is 1. The third-order valence-electron chi connectivity index (χ3n) is 3.92. The topological polar surface area (TPSA) is 57.1 Å². The van der Waals surface area contributed by atoms with Crippen LogP contribution in [-0.4, -0.2) is 25.6 Å². The minimum atomic E-state index is -0.507. The van der Waals surface area contributed by atoms with E-state index in [0.29, 0.717) is 28.7 Å². The van der Waals surface area contributed by atoms with Gasteiger partial charge in [0.2, 0.25) is 5.90 Å². The molecule has 0 aromatic heterocycles. The average molecular weight is 386 g/mol. The van der Waals surface area contributed by atoms with Crippen molar-refractivity contribution in [3.05, 3.63) is 63.8 Å². The number of cyclic esters (lactones) is 1. The molecule has 0 fully saturated rings. The van der Waals surface area contributed by atoms with Crippen LogP contribution in [0.4, 0.5) is 0 Å². The largest absolute Gasteiger partial charge is 0.493 e.